The van der Waals surface area contributed by atoms with E-state index in [9.17, 15) is 21.4 Å². The van der Waals surface area contributed by atoms with Crippen LogP contribution in [0, 0.1) is 3.57 Å². The molecule has 0 aliphatic carbocycles. The van der Waals surface area contributed by atoms with E-state index in [1.54, 1.807) is 17.4 Å². The Labute approximate surface area is 230 Å². The second-order valence-corrected chi connectivity index (χ2v) is 14.8. The first-order chi connectivity index (χ1) is 16.4. The lowest BCUT2D eigenvalue weighted by atomic mass is 10.2. The van der Waals surface area contributed by atoms with E-state index in [1.807, 2.05) is 45.9 Å². The maximum atomic E-state index is 11.3. The number of nitrogens with zero attached hydrogens (tertiary/aromatic N) is 2. The normalized spacial score (nSPS) is 15.3. The average molecular weight is 688 g/mol. The van der Waals surface area contributed by atoms with Crippen LogP contribution < -0.4 is 9.47 Å². The molecule has 188 valence electrons. The van der Waals surface area contributed by atoms with Crippen LogP contribution in [0.2, 0.25) is 5.02 Å². The molecule has 4 rings (SSSR count). The highest BCUT2D eigenvalue weighted by Gasteiger charge is 2.28. The Morgan fingerprint density at radius 1 is 1.03 bits per heavy atom. The number of benzene rings is 2. The summed E-state index contributed by atoms with van der Waals surface area (Å²) in [6.07, 6.45) is 2.47. The summed E-state index contributed by atoms with van der Waals surface area (Å²) in [6, 6.07) is 11.6. The van der Waals surface area contributed by atoms with E-state index < -0.39 is 20.2 Å². The van der Waals surface area contributed by atoms with Gasteiger partial charge in [-0.3, -0.25) is 9.11 Å². The van der Waals surface area contributed by atoms with Gasteiger partial charge >= 0.3 is 0 Å². The third-order valence-corrected chi connectivity index (χ3v) is 9.94. The molecule has 0 saturated heterocycles. The van der Waals surface area contributed by atoms with Gasteiger partial charge in [0.1, 0.15) is 4.70 Å². The predicted octanol–water partition coefficient (Wildman–Crippen LogP) is 4.91. The summed E-state index contributed by atoms with van der Waals surface area (Å²) in [5.74, 6) is -0.688. The van der Waals surface area contributed by atoms with Gasteiger partial charge in [0.15, 0.2) is 6.54 Å². The number of thioether (sulfide) groups is 1. The Hall–Kier alpha value is -0.940. The van der Waals surface area contributed by atoms with Gasteiger partial charge in [0.2, 0.25) is 5.52 Å². The zero-order valence-corrected chi connectivity index (χ0v) is 24.3. The van der Waals surface area contributed by atoms with Crippen molar-refractivity contribution in [1.82, 2.24) is 0 Å². The second kappa shape index (κ2) is 10.8. The SMILES string of the molecule is O=S(=O)(O)CCCN1C(=Cc2sc3ccc(I)cc3[n+]2CCCS(=O)(=O)O)Sc2ccc(Cl)cc21. The largest absolute Gasteiger partial charge is 0.335 e. The monoisotopic (exact) mass is 687 g/mol. The molecule has 3 aromatic rings. The molecule has 2 N–H and O–H groups in total. The van der Waals surface area contributed by atoms with Crippen LogP contribution in [0.1, 0.15) is 17.8 Å². The van der Waals surface area contributed by atoms with Crippen LogP contribution >= 0.6 is 57.3 Å². The van der Waals surface area contributed by atoms with Crippen molar-refractivity contribution in [3.63, 3.8) is 0 Å². The second-order valence-electron chi connectivity index (χ2n) is 7.83. The molecule has 0 saturated carbocycles. The van der Waals surface area contributed by atoms with E-state index >= 15 is 0 Å². The molecule has 35 heavy (non-hydrogen) atoms. The van der Waals surface area contributed by atoms with E-state index in [1.165, 1.54) is 11.8 Å². The van der Waals surface area contributed by atoms with E-state index in [2.05, 4.69) is 22.6 Å². The Morgan fingerprint density at radius 2 is 1.74 bits per heavy atom. The van der Waals surface area contributed by atoms with E-state index in [0.29, 0.717) is 18.1 Å². The molecule has 2 heterocycles. The predicted molar refractivity (Wildman–Crippen MR) is 149 cm³/mol. The van der Waals surface area contributed by atoms with Crippen molar-refractivity contribution in [1.29, 1.82) is 0 Å². The van der Waals surface area contributed by atoms with Crippen LogP contribution in [0.4, 0.5) is 5.69 Å². The van der Waals surface area contributed by atoms with Gasteiger partial charge in [-0.25, -0.2) is 0 Å². The van der Waals surface area contributed by atoms with Gasteiger partial charge in [0, 0.05) is 32.5 Å². The van der Waals surface area contributed by atoms with E-state index in [-0.39, 0.29) is 24.3 Å². The highest BCUT2D eigenvalue weighted by atomic mass is 127. The Morgan fingerprint density at radius 3 is 2.46 bits per heavy atom. The highest BCUT2D eigenvalue weighted by molar-refractivity contribution is 14.1. The number of hydrogen-bond donors (Lipinski definition) is 2. The Bertz CT molecular complexity index is 1520. The van der Waals surface area contributed by atoms with E-state index in [4.69, 9.17) is 16.2 Å². The molecule has 0 unspecified atom stereocenters. The summed E-state index contributed by atoms with van der Waals surface area (Å²) in [5.41, 5.74) is 1.82. The van der Waals surface area contributed by atoms with Crippen molar-refractivity contribution in [2.45, 2.75) is 24.3 Å². The van der Waals surface area contributed by atoms with Gasteiger partial charge in [-0.1, -0.05) is 34.7 Å². The summed E-state index contributed by atoms with van der Waals surface area (Å²) >= 11 is 11.5. The number of anilines is 1. The lowest BCUT2D eigenvalue weighted by molar-refractivity contribution is -0.668. The Kier molecular flexibility index (Phi) is 8.37. The lowest BCUT2D eigenvalue weighted by Crippen LogP contribution is -2.36. The smallest absolute Gasteiger partial charge is 0.265 e. The summed E-state index contributed by atoms with van der Waals surface area (Å²) in [6.45, 7) is 0.753. The first-order valence-corrected chi connectivity index (χ1v) is 16.7. The van der Waals surface area contributed by atoms with E-state index in [0.717, 1.165) is 34.4 Å². The van der Waals surface area contributed by atoms with Gasteiger partial charge in [-0.15, -0.1) is 0 Å². The van der Waals surface area contributed by atoms with Crippen LogP contribution in [0.15, 0.2) is 46.3 Å². The summed E-state index contributed by atoms with van der Waals surface area (Å²) in [5, 5.41) is 2.31. The molecule has 8 nitrogen and oxygen atoms in total. The van der Waals surface area contributed by atoms with Crippen LogP contribution in [0.5, 0.6) is 0 Å². The molecule has 2 aromatic carbocycles. The standard InChI is InChI=1S/C21H20ClIN2O6S4/c22-14-3-5-18-16(11-14)24(7-1-9-34(26,27)28)20(32-18)13-21-25(8-2-10-35(29,30)31)17-12-15(23)4-6-19(17)33-21/h3-6,11-13H,1-2,7-10H2,(H-,26,27,28,29,30,31)/p+1. The number of thiazole rings is 1. The third kappa shape index (κ3) is 7.09. The fourth-order valence-corrected chi connectivity index (χ4v) is 7.65. The fraction of sp³-hybridized carbons (Fsp3) is 0.286. The molecule has 0 bridgehead atoms. The summed E-state index contributed by atoms with van der Waals surface area (Å²) < 4.78 is 67.5. The minimum atomic E-state index is -4.08. The first kappa shape index (κ1) is 27.1. The van der Waals surface area contributed by atoms with Crippen LogP contribution in [-0.4, -0.2) is 44.0 Å². The third-order valence-electron chi connectivity index (χ3n) is 5.20. The molecule has 0 spiro atoms. The van der Waals surface area contributed by atoms with Gasteiger partial charge in [0.25, 0.3) is 25.2 Å². The number of hydrogen-bond acceptors (Lipinski definition) is 7. The van der Waals surface area contributed by atoms with Crippen LogP contribution in [0.25, 0.3) is 16.3 Å². The lowest BCUT2D eigenvalue weighted by Gasteiger charge is -2.20. The van der Waals surface area contributed by atoms with Crippen molar-refractivity contribution in [3.05, 3.63) is 55.0 Å². The number of aromatic nitrogens is 1. The molecule has 0 fully saturated rings. The minimum Gasteiger partial charge on any atom is -0.335 e. The van der Waals surface area contributed by atoms with Gasteiger partial charge in [0.05, 0.1) is 28.3 Å². The van der Waals surface area contributed by atoms with Crippen molar-refractivity contribution in [2.24, 2.45) is 0 Å². The summed E-state index contributed by atoms with van der Waals surface area (Å²) in [7, 11) is -8.15. The van der Waals surface area contributed by atoms with Crippen molar-refractivity contribution >= 4 is 99.5 Å². The zero-order chi connectivity index (χ0) is 25.4. The van der Waals surface area contributed by atoms with Gasteiger partial charge in [-0.05, 0) is 59.3 Å². The van der Waals surface area contributed by atoms with Crippen LogP contribution in [-0.2, 0) is 26.8 Å². The molecule has 1 aliphatic heterocycles. The van der Waals surface area contributed by atoms with Crippen molar-refractivity contribution in [3.8, 4) is 0 Å². The van der Waals surface area contributed by atoms with Gasteiger partial charge in [-0.2, -0.15) is 21.4 Å². The number of aryl methyl sites for hydroxylation is 1. The number of halogens is 2. The Balaban J connectivity index is 1.73. The minimum absolute atomic E-state index is 0.224. The zero-order valence-electron chi connectivity index (χ0n) is 18.1. The molecule has 1 aromatic heterocycles. The fourth-order valence-electron chi connectivity index (χ4n) is 3.74. The quantitative estimate of drug-likeness (QED) is 0.185. The van der Waals surface area contributed by atoms with Crippen LogP contribution in [0.3, 0.4) is 0 Å². The topological polar surface area (TPSA) is 116 Å². The molecular weight excluding hydrogens is 667 g/mol. The number of rotatable bonds is 9. The maximum Gasteiger partial charge on any atom is 0.265 e. The molecular formula is C21H21ClIN2O6S4+. The summed E-state index contributed by atoms with van der Waals surface area (Å²) in [4.78, 5) is 2.95. The maximum absolute atomic E-state index is 11.3. The first-order valence-electron chi connectivity index (χ1n) is 10.4. The van der Waals surface area contributed by atoms with Crippen molar-refractivity contribution in [2.75, 3.05) is 23.0 Å². The molecule has 0 atom stereocenters. The van der Waals surface area contributed by atoms with Crippen molar-refractivity contribution < 1.29 is 30.5 Å². The number of fused-ring (bicyclic) bond motifs is 2. The molecule has 0 radical (unpaired) electrons. The van der Waals surface area contributed by atoms with Gasteiger partial charge < -0.3 is 4.90 Å². The molecule has 14 heteroatoms. The molecule has 0 amide bonds. The highest BCUT2D eigenvalue weighted by Crippen LogP contribution is 2.47. The average Bonchev–Trinajstić information content (AvgIpc) is 3.24. The molecule has 1 aliphatic rings.